The lowest BCUT2D eigenvalue weighted by Gasteiger charge is -2.21. The summed E-state index contributed by atoms with van der Waals surface area (Å²) in [5, 5.41) is 12.4. The van der Waals surface area contributed by atoms with E-state index in [0.717, 1.165) is 18.4 Å². The molecule has 1 fully saturated rings. The number of hydrogen-bond donors (Lipinski definition) is 2. The van der Waals surface area contributed by atoms with Crippen LogP contribution in [0.3, 0.4) is 0 Å². The van der Waals surface area contributed by atoms with Crippen LogP contribution in [0.4, 0.5) is 5.69 Å². The first-order valence-electron chi connectivity index (χ1n) is 6.97. The van der Waals surface area contributed by atoms with Gasteiger partial charge in [-0.2, -0.15) is 0 Å². The molecule has 0 radical (unpaired) electrons. The van der Waals surface area contributed by atoms with Crippen molar-refractivity contribution in [2.24, 2.45) is 0 Å². The minimum atomic E-state index is -1.04. The number of aromatic carboxylic acids is 1. The Morgan fingerprint density at radius 3 is 2.57 bits per heavy atom. The van der Waals surface area contributed by atoms with Crippen LogP contribution in [0.5, 0.6) is 0 Å². The molecule has 0 amide bonds. The summed E-state index contributed by atoms with van der Waals surface area (Å²) in [4.78, 5) is 27.8. The molecule has 112 valence electrons. The minimum Gasteiger partial charge on any atom is -0.478 e. The number of nitrogens with zero attached hydrogens (tertiary/aromatic N) is 1. The Labute approximate surface area is 122 Å². The number of carboxylic acid groups (broad SMARTS) is 1. The number of nitrogens with one attached hydrogen (secondary N) is 1. The first-order chi connectivity index (χ1) is 9.73. The lowest BCUT2D eigenvalue weighted by molar-refractivity contribution is 0.00605. The van der Waals surface area contributed by atoms with Gasteiger partial charge >= 0.3 is 11.9 Å². The van der Waals surface area contributed by atoms with Gasteiger partial charge in [0.2, 0.25) is 0 Å². The van der Waals surface area contributed by atoms with E-state index in [4.69, 9.17) is 4.74 Å². The average Bonchev–Trinajstić information content (AvgIpc) is 3.03. The van der Waals surface area contributed by atoms with Crippen LogP contribution in [-0.4, -0.2) is 34.2 Å². The summed E-state index contributed by atoms with van der Waals surface area (Å²) in [5.74, 6) is -1.54. The van der Waals surface area contributed by atoms with Crippen molar-refractivity contribution in [2.75, 3.05) is 11.9 Å². The summed E-state index contributed by atoms with van der Waals surface area (Å²) in [5.41, 5.74) is 0.848. The van der Waals surface area contributed by atoms with Gasteiger partial charge in [0.05, 0.1) is 5.69 Å². The number of aromatic nitrogens is 1. The maximum absolute atomic E-state index is 12.4. The maximum Gasteiger partial charge on any atom is 0.357 e. The van der Waals surface area contributed by atoms with Crippen molar-refractivity contribution in [3.8, 4) is 0 Å². The van der Waals surface area contributed by atoms with Gasteiger partial charge in [0.15, 0.2) is 5.69 Å². The van der Waals surface area contributed by atoms with E-state index >= 15 is 0 Å². The summed E-state index contributed by atoms with van der Waals surface area (Å²) >= 11 is 0. The monoisotopic (exact) mass is 290 g/mol. The van der Waals surface area contributed by atoms with Crippen LogP contribution in [-0.2, 0) is 10.2 Å². The molecule has 0 unspecified atom stereocenters. The standard InChI is InChI=1S/C15H18N2O4/c1-14(2,3)21-13(20)11-9-10(8(6-16-11)12(18)19)17-7-15(9)4-5-15/h6,17H,4-5,7H2,1-3H3,(H,18,19). The predicted octanol–water partition coefficient (Wildman–Crippen LogP) is 2.19. The van der Waals surface area contributed by atoms with Crippen molar-refractivity contribution in [1.29, 1.82) is 0 Å². The lowest BCUT2D eigenvalue weighted by atomic mass is 9.95. The highest BCUT2D eigenvalue weighted by Gasteiger charge is 2.53. The van der Waals surface area contributed by atoms with Crippen molar-refractivity contribution in [3.05, 3.63) is 23.0 Å². The number of carbonyl (C=O) groups excluding carboxylic acids is 1. The highest BCUT2D eigenvalue weighted by Crippen LogP contribution is 2.56. The largest absolute Gasteiger partial charge is 0.478 e. The van der Waals surface area contributed by atoms with Gasteiger partial charge < -0.3 is 15.2 Å². The minimum absolute atomic E-state index is 0.112. The van der Waals surface area contributed by atoms with Crippen LogP contribution in [0.15, 0.2) is 6.20 Å². The second kappa shape index (κ2) is 4.19. The van der Waals surface area contributed by atoms with Gasteiger partial charge in [0, 0.05) is 23.7 Å². The van der Waals surface area contributed by atoms with Gasteiger partial charge in [-0.25, -0.2) is 14.6 Å². The number of ether oxygens (including phenoxy) is 1. The van der Waals surface area contributed by atoms with Gasteiger partial charge in [-0.1, -0.05) is 0 Å². The number of esters is 1. The van der Waals surface area contributed by atoms with Gasteiger partial charge in [-0.3, -0.25) is 0 Å². The molecule has 1 aromatic rings. The summed E-state index contributed by atoms with van der Waals surface area (Å²) in [6.07, 6.45) is 3.11. The smallest absolute Gasteiger partial charge is 0.357 e. The average molecular weight is 290 g/mol. The van der Waals surface area contributed by atoms with Crippen LogP contribution in [0.25, 0.3) is 0 Å². The highest BCUT2D eigenvalue weighted by molar-refractivity contribution is 6.00. The Morgan fingerprint density at radius 1 is 1.38 bits per heavy atom. The number of anilines is 1. The van der Waals surface area contributed by atoms with Gasteiger partial charge in [0.25, 0.3) is 0 Å². The van der Waals surface area contributed by atoms with Crippen LogP contribution < -0.4 is 5.32 Å². The number of pyridine rings is 1. The fourth-order valence-electron chi connectivity index (χ4n) is 2.78. The highest BCUT2D eigenvalue weighted by atomic mass is 16.6. The maximum atomic E-state index is 12.4. The predicted molar refractivity (Wildman–Crippen MR) is 75.8 cm³/mol. The van der Waals surface area contributed by atoms with E-state index in [1.165, 1.54) is 6.20 Å². The van der Waals surface area contributed by atoms with Gasteiger partial charge in [-0.15, -0.1) is 0 Å². The molecule has 6 nitrogen and oxygen atoms in total. The fraction of sp³-hybridized carbons (Fsp3) is 0.533. The molecular weight excluding hydrogens is 272 g/mol. The Kier molecular flexibility index (Phi) is 2.77. The van der Waals surface area contributed by atoms with Crippen molar-refractivity contribution >= 4 is 17.6 Å². The van der Waals surface area contributed by atoms with Crippen molar-refractivity contribution in [1.82, 2.24) is 4.98 Å². The molecule has 1 aliphatic heterocycles. The number of rotatable bonds is 2. The Hall–Kier alpha value is -2.11. The third kappa shape index (κ3) is 2.24. The first kappa shape index (κ1) is 13.9. The molecule has 0 aromatic carbocycles. The lowest BCUT2D eigenvalue weighted by Crippen LogP contribution is -2.26. The SMILES string of the molecule is CC(C)(C)OC(=O)c1ncc(C(=O)O)c2c1C1(CC1)CN2. The number of carboxylic acids is 1. The molecule has 21 heavy (non-hydrogen) atoms. The van der Waals surface area contributed by atoms with E-state index in [1.807, 2.05) is 0 Å². The molecule has 1 spiro atoms. The van der Waals surface area contributed by atoms with Gasteiger partial charge in [-0.05, 0) is 33.6 Å². The third-order valence-electron chi connectivity index (χ3n) is 3.89. The molecule has 1 saturated carbocycles. The topological polar surface area (TPSA) is 88.5 Å². The molecule has 3 rings (SSSR count). The molecule has 1 aromatic heterocycles. The molecule has 0 bridgehead atoms. The summed E-state index contributed by atoms with van der Waals surface area (Å²) in [7, 11) is 0. The number of hydrogen-bond acceptors (Lipinski definition) is 5. The van der Waals surface area contributed by atoms with Gasteiger partial charge in [0.1, 0.15) is 11.2 Å². The van der Waals surface area contributed by atoms with E-state index < -0.39 is 17.5 Å². The van der Waals surface area contributed by atoms with E-state index in [1.54, 1.807) is 20.8 Å². The fourth-order valence-corrected chi connectivity index (χ4v) is 2.78. The van der Waals surface area contributed by atoms with E-state index in [2.05, 4.69) is 10.3 Å². The number of fused-ring (bicyclic) bond motifs is 2. The quantitative estimate of drug-likeness (QED) is 0.812. The Bertz CT molecular complexity index is 642. The second-order valence-electron chi connectivity index (χ2n) is 6.71. The van der Waals surface area contributed by atoms with E-state index in [9.17, 15) is 14.7 Å². The number of carbonyl (C=O) groups is 2. The molecule has 2 N–H and O–H groups in total. The summed E-state index contributed by atoms with van der Waals surface area (Å²) < 4.78 is 5.39. The van der Waals surface area contributed by atoms with Crippen molar-refractivity contribution in [3.63, 3.8) is 0 Å². The van der Waals surface area contributed by atoms with Crippen molar-refractivity contribution in [2.45, 2.75) is 44.6 Å². The Morgan fingerprint density at radius 2 is 2.05 bits per heavy atom. The van der Waals surface area contributed by atoms with E-state index in [0.29, 0.717) is 12.2 Å². The zero-order valence-corrected chi connectivity index (χ0v) is 12.3. The molecule has 0 atom stereocenters. The first-order valence-corrected chi connectivity index (χ1v) is 6.97. The van der Waals surface area contributed by atoms with Crippen LogP contribution in [0.1, 0.15) is 60.0 Å². The van der Waals surface area contributed by atoms with Crippen molar-refractivity contribution < 1.29 is 19.4 Å². The molecular formula is C15H18N2O4. The Balaban J connectivity index is 2.09. The molecule has 6 heteroatoms. The van der Waals surface area contributed by atoms with Crippen LogP contribution in [0, 0.1) is 0 Å². The van der Waals surface area contributed by atoms with Crippen LogP contribution in [0.2, 0.25) is 0 Å². The summed E-state index contributed by atoms with van der Waals surface area (Å²) in [6, 6.07) is 0. The third-order valence-corrected chi connectivity index (χ3v) is 3.89. The molecule has 2 aliphatic rings. The zero-order chi connectivity index (χ0) is 15.4. The normalized spacial score (nSPS) is 18.0. The van der Waals surface area contributed by atoms with E-state index in [-0.39, 0.29) is 16.7 Å². The second-order valence-corrected chi connectivity index (χ2v) is 6.71. The molecule has 2 heterocycles. The molecule has 0 saturated heterocycles. The zero-order valence-electron chi connectivity index (χ0n) is 12.3. The molecule has 1 aliphatic carbocycles. The summed E-state index contributed by atoms with van der Waals surface area (Å²) in [6.45, 7) is 6.04. The van der Waals surface area contributed by atoms with Crippen LogP contribution >= 0.6 is 0 Å².